The van der Waals surface area contributed by atoms with Gasteiger partial charge in [0.2, 0.25) is 0 Å². The van der Waals surface area contributed by atoms with E-state index >= 15 is 0 Å². The van der Waals surface area contributed by atoms with Crippen molar-refractivity contribution in [2.24, 2.45) is 5.92 Å². The Morgan fingerprint density at radius 2 is 1.53 bits per heavy atom. The van der Waals surface area contributed by atoms with Gasteiger partial charge in [-0.05, 0) is 100 Å². The molecule has 3 aromatic carbocycles. The molecular weight excluding hydrogens is 477 g/mol. The van der Waals surface area contributed by atoms with Gasteiger partial charge < -0.3 is 15.1 Å². The second kappa shape index (κ2) is 11.6. The van der Waals surface area contributed by atoms with Crippen molar-refractivity contribution in [3.05, 3.63) is 83.2 Å². The van der Waals surface area contributed by atoms with Crippen LogP contribution in [0.25, 0.3) is 10.8 Å². The SMILES string of the molecule is CC(C)NC(=O)c1ccc(CC2CCN(C3CCN(C(=O)c4ccc(F)c5ccccc45)CC3)CC2)cc1. The fraction of sp³-hybridized carbons (Fsp3) is 0.438. The number of carbonyl (C=O) groups is 2. The Hall–Kier alpha value is -3.25. The monoisotopic (exact) mass is 515 g/mol. The van der Waals surface area contributed by atoms with Crippen molar-refractivity contribution in [1.29, 1.82) is 0 Å². The second-order valence-corrected chi connectivity index (χ2v) is 11.2. The van der Waals surface area contributed by atoms with Gasteiger partial charge in [0.25, 0.3) is 11.8 Å². The molecule has 200 valence electrons. The van der Waals surface area contributed by atoms with Gasteiger partial charge in [-0.1, -0.05) is 36.4 Å². The number of piperidine rings is 2. The van der Waals surface area contributed by atoms with Gasteiger partial charge in [-0.25, -0.2) is 4.39 Å². The molecule has 0 aliphatic carbocycles. The van der Waals surface area contributed by atoms with E-state index in [0.29, 0.717) is 28.3 Å². The van der Waals surface area contributed by atoms with E-state index in [9.17, 15) is 14.0 Å². The minimum atomic E-state index is -0.287. The van der Waals surface area contributed by atoms with Gasteiger partial charge in [0.05, 0.1) is 0 Å². The highest BCUT2D eigenvalue weighted by molar-refractivity contribution is 6.07. The van der Waals surface area contributed by atoms with E-state index in [2.05, 4.69) is 22.3 Å². The molecule has 0 saturated carbocycles. The summed E-state index contributed by atoms with van der Waals surface area (Å²) in [6, 6.07) is 19.0. The van der Waals surface area contributed by atoms with Crippen molar-refractivity contribution in [2.45, 2.75) is 58.0 Å². The Balaban J connectivity index is 1.10. The number of hydrogen-bond donors (Lipinski definition) is 1. The zero-order chi connectivity index (χ0) is 26.6. The van der Waals surface area contributed by atoms with Gasteiger partial charge in [-0.3, -0.25) is 9.59 Å². The maximum atomic E-state index is 14.2. The van der Waals surface area contributed by atoms with Crippen molar-refractivity contribution in [2.75, 3.05) is 26.2 Å². The number of hydrogen-bond acceptors (Lipinski definition) is 3. The molecule has 3 aromatic rings. The number of rotatable bonds is 6. The molecular formula is C32H38FN3O2. The van der Waals surface area contributed by atoms with Crippen molar-refractivity contribution in [1.82, 2.24) is 15.1 Å². The number of halogens is 1. The molecule has 0 atom stereocenters. The molecule has 2 fully saturated rings. The van der Waals surface area contributed by atoms with Gasteiger partial charge in [0.1, 0.15) is 5.82 Å². The summed E-state index contributed by atoms with van der Waals surface area (Å²) in [7, 11) is 0. The summed E-state index contributed by atoms with van der Waals surface area (Å²) in [6.07, 6.45) is 5.37. The number of nitrogens with one attached hydrogen (secondary N) is 1. The Kier molecular flexibility index (Phi) is 8.08. The van der Waals surface area contributed by atoms with E-state index < -0.39 is 0 Å². The second-order valence-electron chi connectivity index (χ2n) is 11.2. The standard InChI is InChI=1S/C32H38FN3O2/c1-22(2)34-31(37)25-9-7-23(8-10-25)21-24-13-17-35(18-14-24)26-15-19-36(20-16-26)32(38)29-11-12-30(33)28-6-4-3-5-27(28)29/h3-12,22,24,26H,13-21H2,1-2H3,(H,34,37). The molecule has 2 saturated heterocycles. The van der Waals surface area contributed by atoms with Gasteiger partial charge in [-0.15, -0.1) is 0 Å². The van der Waals surface area contributed by atoms with Crippen LogP contribution in [0.3, 0.4) is 0 Å². The van der Waals surface area contributed by atoms with Crippen LogP contribution in [0.4, 0.5) is 4.39 Å². The van der Waals surface area contributed by atoms with Gasteiger partial charge in [0.15, 0.2) is 0 Å². The van der Waals surface area contributed by atoms with Crippen molar-refractivity contribution in [3.63, 3.8) is 0 Å². The first-order valence-electron chi connectivity index (χ1n) is 14.0. The molecule has 2 aliphatic heterocycles. The minimum Gasteiger partial charge on any atom is -0.350 e. The number of amides is 2. The number of fused-ring (bicyclic) bond motifs is 1. The molecule has 0 unspecified atom stereocenters. The van der Waals surface area contributed by atoms with Crippen molar-refractivity contribution >= 4 is 22.6 Å². The summed E-state index contributed by atoms with van der Waals surface area (Å²) >= 11 is 0. The molecule has 2 amide bonds. The lowest BCUT2D eigenvalue weighted by atomic mass is 9.88. The minimum absolute atomic E-state index is 0.00561. The van der Waals surface area contributed by atoms with E-state index in [-0.39, 0.29) is 23.7 Å². The quantitative estimate of drug-likeness (QED) is 0.460. The average molecular weight is 516 g/mol. The molecule has 5 rings (SSSR count). The summed E-state index contributed by atoms with van der Waals surface area (Å²) < 4.78 is 14.2. The van der Waals surface area contributed by atoms with Gasteiger partial charge >= 0.3 is 0 Å². The predicted molar refractivity (Wildman–Crippen MR) is 150 cm³/mol. The number of likely N-dealkylation sites (tertiary alicyclic amines) is 2. The Morgan fingerprint density at radius 3 is 2.18 bits per heavy atom. The van der Waals surface area contributed by atoms with Crippen LogP contribution in [0.2, 0.25) is 0 Å². The average Bonchev–Trinajstić information content (AvgIpc) is 2.94. The lowest BCUT2D eigenvalue weighted by Crippen LogP contribution is -2.49. The molecule has 6 heteroatoms. The molecule has 1 N–H and O–H groups in total. The highest BCUT2D eigenvalue weighted by Crippen LogP contribution is 2.28. The van der Waals surface area contributed by atoms with Crippen LogP contribution in [-0.2, 0) is 6.42 Å². The summed E-state index contributed by atoms with van der Waals surface area (Å²) in [5.74, 6) is 0.366. The topological polar surface area (TPSA) is 52.7 Å². The molecule has 38 heavy (non-hydrogen) atoms. The van der Waals surface area contributed by atoms with Crippen LogP contribution in [0.5, 0.6) is 0 Å². The Bertz CT molecular complexity index is 1270. The largest absolute Gasteiger partial charge is 0.350 e. The molecule has 2 heterocycles. The van der Waals surface area contributed by atoms with Crippen molar-refractivity contribution in [3.8, 4) is 0 Å². The fourth-order valence-electron chi connectivity index (χ4n) is 6.05. The van der Waals surface area contributed by atoms with E-state index in [1.54, 1.807) is 18.2 Å². The molecule has 0 radical (unpaired) electrons. The van der Waals surface area contributed by atoms with Crippen LogP contribution in [0, 0.1) is 11.7 Å². The maximum Gasteiger partial charge on any atom is 0.254 e. The third-order valence-electron chi connectivity index (χ3n) is 8.18. The normalized spacial score (nSPS) is 17.7. The zero-order valence-corrected chi connectivity index (χ0v) is 22.5. The first-order chi connectivity index (χ1) is 18.4. The Labute approximate surface area is 225 Å². The summed E-state index contributed by atoms with van der Waals surface area (Å²) in [5.41, 5.74) is 2.61. The summed E-state index contributed by atoms with van der Waals surface area (Å²) in [5, 5.41) is 4.14. The maximum absolute atomic E-state index is 14.2. The fourth-order valence-corrected chi connectivity index (χ4v) is 6.05. The third-order valence-corrected chi connectivity index (χ3v) is 8.18. The lowest BCUT2D eigenvalue weighted by Gasteiger charge is -2.42. The van der Waals surface area contributed by atoms with Gasteiger partial charge in [0, 0.05) is 41.7 Å². The van der Waals surface area contributed by atoms with E-state index in [4.69, 9.17) is 0 Å². The highest BCUT2D eigenvalue weighted by Gasteiger charge is 2.30. The van der Waals surface area contributed by atoms with Crippen LogP contribution in [0.15, 0.2) is 60.7 Å². The van der Waals surface area contributed by atoms with Crippen LogP contribution >= 0.6 is 0 Å². The summed E-state index contributed by atoms with van der Waals surface area (Å²) in [4.78, 5) is 30.0. The third kappa shape index (κ3) is 5.91. The molecule has 0 aromatic heterocycles. The van der Waals surface area contributed by atoms with Crippen LogP contribution < -0.4 is 5.32 Å². The first-order valence-corrected chi connectivity index (χ1v) is 14.0. The molecule has 0 bridgehead atoms. The van der Waals surface area contributed by atoms with Crippen molar-refractivity contribution < 1.29 is 14.0 Å². The van der Waals surface area contributed by atoms with E-state index in [1.165, 1.54) is 24.5 Å². The number of carbonyl (C=O) groups excluding carboxylic acids is 2. The molecule has 5 nitrogen and oxygen atoms in total. The highest BCUT2D eigenvalue weighted by atomic mass is 19.1. The van der Waals surface area contributed by atoms with Crippen LogP contribution in [0.1, 0.15) is 65.8 Å². The van der Waals surface area contributed by atoms with Gasteiger partial charge in [-0.2, -0.15) is 0 Å². The van der Waals surface area contributed by atoms with Crippen LogP contribution in [-0.4, -0.2) is 59.9 Å². The smallest absolute Gasteiger partial charge is 0.254 e. The first kappa shape index (κ1) is 26.4. The van der Waals surface area contributed by atoms with E-state index in [0.717, 1.165) is 51.0 Å². The summed E-state index contributed by atoms with van der Waals surface area (Å²) in [6.45, 7) is 7.62. The molecule has 2 aliphatic rings. The van der Waals surface area contributed by atoms with E-state index in [1.807, 2.05) is 43.0 Å². The predicted octanol–water partition coefficient (Wildman–Crippen LogP) is 5.68. The number of nitrogens with zero attached hydrogens (tertiary/aromatic N) is 2. The number of benzene rings is 3. The Morgan fingerprint density at radius 1 is 0.868 bits per heavy atom. The zero-order valence-electron chi connectivity index (χ0n) is 22.5. The molecule has 0 spiro atoms. The lowest BCUT2D eigenvalue weighted by molar-refractivity contribution is 0.0553.